The van der Waals surface area contributed by atoms with Gasteiger partial charge in [0.2, 0.25) is 0 Å². The van der Waals surface area contributed by atoms with Crippen molar-refractivity contribution in [3.63, 3.8) is 0 Å². The predicted molar refractivity (Wildman–Crippen MR) is 56.2 cm³/mol. The van der Waals surface area contributed by atoms with Gasteiger partial charge in [-0.15, -0.1) is 0 Å². The standard InChI is InChI=1S/C10H19N3O/c11-6-4-2-1-3-5-7-14-10-8-12-13-9-10/h8-9H,1-7,11H2,(H,12,13). The fourth-order valence-corrected chi connectivity index (χ4v) is 1.28. The number of aromatic amines is 1. The van der Waals surface area contributed by atoms with Crippen LogP contribution in [0.25, 0.3) is 0 Å². The third-order valence-electron chi connectivity index (χ3n) is 2.09. The van der Waals surface area contributed by atoms with E-state index >= 15 is 0 Å². The van der Waals surface area contributed by atoms with E-state index in [2.05, 4.69) is 10.2 Å². The molecule has 0 unspecified atom stereocenters. The summed E-state index contributed by atoms with van der Waals surface area (Å²) >= 11 is 0. The number of ether oxygens (including phenoxy) is 1. The van der Waals surface area contributed by atoms with E-state index in [9.17, 15) is 0 Å². The lowest BCUT2D eigenvalue weighted by Gasteiger charge is -2.02. The Morgan fingerprint density at radius 2 is 2.00 bits per heavy atom. The maximum atomic E-state index is 5.43. The molecule has 0 saturated heterocycles. The van der Waals surface area contributed by atoms with Gasteiger partial charge in [0.25, 0.3) is 0 Å². The summed E-state index contributed by atoms with van der Waals surface area (Å²) in [5.41, 5.74) is 5.40. The molecule has 0 bridgehead atoms. The molecule has 14 heavy (non-hydrogen) atoms. The number of nitrogens with two attached hydrogens (primary N) is 1. The van der Waals surface area contributed by atoms with Crippen molar-refractivity contribution in [3.05, 3.63) is 12.4 Å². The Bertz CT molecular complexity index is 211. The molecule has 0 fully saturated rings. The first kappa shape index (κ1) is 11.0. The van der Waals surface area contributed by atoms with Crippen molar-refractivity contribution in [2.45, 2.75) is 32.1 Å². The van der Waals surface area contributed by atoms with Crippen molar-refractivity contribution >= 4 is 0 Å². The quantitative estimate of drug-likeness (QED) is 0.623. The van der Waals surface area contributed by atoms with E-state index < -0.39 is 0 Å². The van der Waals surface area contributed by atoms with Gasteiger partial charge in [-0.2, -0.15) is 5.10 Å². The Morgan fingerprint density at radius 3 is 2.71 bits per heavy atom. The predicted octanol–water partition coefficient (Wildman–Crippen LogP) is 1.70. The molecular formula is C10H19N3O. The molecule has 1 aromatic rings. The summed E-state index contributed by atoms with van der Waals surface area (Å²) in [5.74, 6) is 0.826. The SMILES string of the molecule is NCCCCCCCOc1cn[nH]c1. The second-order valence-electron chi connectivity index (χ2n) is 3.34. The third-order valence-corrected chi connectivity index (χ3v) is 2.09. The van der Waals surface area contributed by atoms with Crippen LogP contribution in [0.3, 0.4) is 0 Å². The molecule has 1 aromatic heterocycles. The Balaban J connectivity index is 1.85. The summed E-state index contributed by atoms with van der Waals surface area (Å²) < 4.78 is 5.43. The molecule has 0 radical (unpaired) electrons. The molecule has 4 heteroatoms. The average Bonchev–Trinajstić information content (AvgIpc) is 2.69. The van der Waals surface area contributed by atoms with Crippen LogP contribution in [0.5, 0.6) is 5.75 Å². The molecule has 0 aromatic carbocycles. The number of rotatable bonds is 8. The summed E-state index contributed by atoms with van der Waals surface area (Å²) in [7, 11) is 0. The fraction of sp³-hybridized carbons (Fsp3) is 0.700. The number of aromatic nitrogens is 2. The number of nitrogens with one attached hydrogen (secondary N) is 1. The maximum Gasteiger partial charge on any atom is 0.156 e. The molecule has 1 heterocycles. The number of hydrogen-bond donors (Lipinski definition) is 2. The lowest BCUT2D eigenvalue weighted by atomic mass is 10.1. The lowest BCUT2D eigenvalue weighted by Crippen LogP contribution is -1.99. The van der Waals surface area contributed by atoms with Gasteiger partial charge in [-0.1, -0.05) is 19.3 Å². The van der Waals surface area contributed by atoms with Gasteiger partial charge in [-0.25, -0.2) is 0 Å². The van der Waals surface area contributed by atoms with Gasteiger partial charge in [0.05, 0.1) is 19.0 Å². The van der Waals surface area contributed by atoms with Crippen LogP contribution >= 0.6 is 0 Å². The molecule has 3 N–H and O–H groups in total. The molecule has 0 aliphatic rings. The highest BCUT2D eigenvalue weighted by molar-refractivity contribution is 5.09. The molecule has 0 amide bonds. The summed E-state index contributed by atoms with van der Waals surface area (Å²) in [4.78, 5) is 0. The third kappa shape index (κ3) is 4.87. The fourth-order valence-electron chi connectivity index (χ4n) is 1.28. The van der Waals surface area contributed by atoms with E-state index in [1.54, 1.807) is 12.4 Å². The minimum atomic E-state index is 0.780. The Hall–Kier alpha value is -1.03. The van der Waals surface area contributed by atoms with Crippen molar-refractivity contribution in [1.29, 1.82) is 0 Å². The van der Waals surface area contributed by atoms with Crippen LogP contribution in [0.1, 0.15) is 32.1 Å². The van der Waals surface area contributed by atoms with Crippen LogP contribution in [0, 0.1) is 0 Å². The first-order valence-electron chi connectivity index (χ1n) is 5.25. The van der Waals surface area contributed by atoms with Crippen molar-refractivity contribution in [1.82, 2.24) is 10.2 Å². The molecule has 0 aliphatic heterocycles. The zero-order valence-electron chi connectivity index (χ0n) is 8.54. The van der Waals surface area contributed by atoms with Crippen molar-refractivity contribution in [2.24, 2.45) is 5.73 Å². The zero-order valence-corrected chi connectivity index (χ0v) is 8.54. The highest BCUT2D eigenvalue weighted by Crippen LogP contribution is 2.07. The monoisotopic (exact) mass is 197 g/mol. The Morgan fingerprint density at radius 1 is 1.21 bits per heavy atom. The van der Waals surface area contributed by atoms with Crippen LogP contribution < -0.4 is 10.5 Å². The molecule has 0 atom stereocenters. The number of hydrogen-bond acceptors (Lipinski definition) is 3. The van der Waals surface area contributed by atoms with Crippen LogP contribution in [-0.2, 0) is 0 Å². The summed E-state index contributed by atoms with van der Waals surface area (Å²) in [5, 5.41) is 6.51. The van der Waals surface area contributed by atoms with Crippen LogP contribution in [0.2, 0.25) is 0 Å². The molecule has 0 aliphatic carbocycles. The Kier molecular flexibility index (Phi) is 5.82. The summed E-state index contributed by atoms with van der Waals surface area (Å²) in [6, 6.07) is 0. The topological polar surface area (TPSA) is 63.9 Å². The van der Waals surface area contributed by atoms with Gasteiger partial charge < -0.3 is 10.5 Å². The van der Waals surface area contributed by atoms with Gasteiger partial charge in [0, 0.05) is 0 Å². The van der Waals surface area contributed by atoms with Gasteiger partial charge in [-0.05, 0) is 19.4 Å². The van der Waals surface area contributed by atoms with Crippen molar-refractivity contribution in [3.8, 4) is 5.75 Å². The largest absolute Gasteiger partial charge is 0.490 e. The van der Waals surface area contributed by atoms with Crippen LogP contribution in [0.15, 0.2) is 12.4 Å². The van der Waals surface area contributed by atoms with Crippen molar-refractivity contribution in [2.75, 3.05) is 13.2 Å². The second-order valence-corrected chi connectivity index (χ2v) is 3.34. The summed E-state index contributed by atoms with van der Waals surface area (Å²) in [6.45, 7) is 1.59. The van der Waals surface area contributed by atoms with Crippen LogP contribution in [-0.4, -0.2) is 23.3 Å². The summed E-state index contributed by atoms with van der Waals surface area (Å²) in [6.07, 6.45) is 9.41. The van der Waals surface area contributed by atoms with E-state index in [1.807, 2.05) is 0 Å². The highest BCUT2D eigenvalue weighted by Gasteiger charge is 1.94. The smallest absolute Gasteiger partial charge is 0.156 e. The van der Waals surface area contributed by atoms with Gasteiger partial charge in [-0.3, -0.25) is 5.10 Å². The lowest BCUT2D eigenvalue weighted by molar-refractivity contribution is 0.304. The molecule has 80 valence electrons. The minimum Gasteiger partial charge on any atom is -0.490 e. The molecular weight excluding hydrogens is 178 g/mol. The van der Waals surface area contributed by atoms with Gasteiger partial charge in [0.15, 0.2) is 5.75 Å². The van der Waals surface area contributed by atoms with Gasteiger partial charge in [0.1, 0.15) is 0 Å². The van der Waals surface area contributed by atoms with E-state index in [0.29, 0.717) is 0 Å². The van der Waals surface area contributed by atoms with E-state index in [1.165, 1.54) is 19.3 Å². The first-order valence-corrected chi connectivity index (χ1v) is 5.25. The second kappa shape index (κ2) is 7.38. The highest BCUT2D eigenvalue weighted by atomic mass is 16.5. The van der Waals surface area contributed by atoms with E-state index in [4.69, 9.17) is 10.5 Å². The molecule has 1 rings (SSSR count). The van der Waals surface area contributed by atoms with Gasteiger partial charge >= 0.3 is 0 Å². The van der Waals surface area contributed by atoms with E-state index in [-0.39, 0.29) is 0 Å². The minimum absolute atomic E-state index is 0.780. The Labute approximate surface area is 84.8 Å². The number of nitrogens with zero attached hydrogens (tertiary/aromatic N) is 1. The van der Waals surface area contributed by atoms with Crippen molar-refractivity contribution < 1.29 is 4.74 Å². The molecule has 4 nitrogen and oxygen atoms in total. The molecule has 0 spiro atoms. The van der Waals surface area contributed by atoms with E-state index in [0.717, 1.165) is 31.7 Å². The normalized spacial score (nSPS) is 10.4. The first-order chi connectivity index (χ1) is 6.93. The number of unbranched alkanes of at least 4 members (excludes halogenated alkanes) is 4. The number of H-pyrrole nitrogens is 1. The average molecular weight is 197 g/mol. The molecule has 0 saturated carbocycles. The van der Waals surface area contributed by atoms with Crippen LogP contribution in [0.4, 0.5) is 0 Å². The zero-order chi connectivity index (χ0) is 10.1. The maximum absolute atomic E-state index is 5.43.